The molecule has 1 aromatic rings. The van der Waals surface area contributed by atoms with Crippen LogP contribution in [0, 0.1) is 5.92 Å². The summed E-state index contributed by atoms with van der Waals surface area (Å²) in [4.78, 5) is 28.9. The molecule has 1 aromatic heterocycles. The Kier molecular flexibility index (Phi) is 3.48. The van der Waals surface area contributed by atoms with Crippen molar-refractivity contribution in [1.82, 2.24) is 9.80 Å². The van der Waals surface area contributed by atoms with Gasteiger partial charge in [-0.2, -0.15) is 11.3 Å². The molecule has 118 valence electrons. The fourth-order valence-electron chi connectivity index (χ4n) is 3.94. The molecular weight excluding hydrogens is 296 g/mol. The van der Waals surface area contributed by atoms with E-state index in [0.717, 1.165) is 50.4 Å². The van der Waals surface area contributed by atoms with Crippen LogP contribution < -0.4 is 0 Å². The van der Waals surface area contributed by atoms with Crippen molar-refractivity contribution < 1.29 is 9.59 Å². The van der Waals surface area contributed by atoms with Gasteiger partial charge in [0.25, 0.3) is 5.91 Å². The molecule has 4 nitrogen and oxygen atoms in total. The summed E-state index contributed by atoms with van der Waals surface area (Å²) in [5.74, 6) is 1.23. The van der Waals surface area contributed by atoms with Crippen molar-refractivity contribution in [2.75, 3.05) is 19.6 Å². The van der Waals surface area contributed by atoms with Crippen LogP contribution in [0.3, 0.4) is 0 Å². The maximum atomic E-state index is 12.4. The minimum absolute atomic E-state index is 0.0467. The molecule has 0 N–H and O–H groups in total. The number of piperidine rings is 1. The third kappa shape index (κ3) is 2.45. The summed E-state index contributed by atoms with van der Waals surface area (Å²) in [7, 11) is 0. The quantitative estimate of drug-likeness (QED) is 0.860. The molecule has 3 fully saturated rings. The Morgan fingerprint density at radius 3 is 2.68 bits per heavy atom. The molecule has 0 atom stereocenters. The third-order valence-corrected chi connectivity index (χ3v) is 6.25. The van der Waals surface area contributed by atoms with Gasteiger partial charge in [0.2, 0.25) is 5.91 Å². The first kappa shape index (κ1) is 14.2. The van der Waals surface area contributed by atoms with E-state index in [-0.39, 0.29) is 11.4 Å². The second-order valence-corrected chi connectivity index (χ2v) is 7.76. The second kappa shape index (κ2) is 5.37. The van der Waals surface area contributed by atoms with E-state index in [4.69, 9.17) is 0 Å². The molecule has 4 rings (SSSR count). The highest BCUT2D eigenvalue weighted by molar-refractivity contribution is 7.08. The van der Waals surface area contributed by atoms with Crippen LogP contribution in [-0.2, 0) is 4.79 Å². The largest absolute Gasteiger partial charge is 0.338 e. The van der Waals surface area contributed by atoms with Crippen molar-refractivity contribution in [1.29, 1.82) is 0 Å². The van der Waals surface area contributed by atoms with Gasteiger partial charge in [0, 0.05) is 37.0 Å². The molecule has 3 heterocycles. The molecule has 3 aliphatic rings. The number of hydrogen-bond acceptors (Lipinski definition) is 3. The maximum absolute atomic E-state index is 12.4. The lowest BCUT2D eigenvalue weighted by atomic mass is 9.84. The van der Waals surface area contributed by atoms with Crippen molar-refractivity contribution >= 4 is 23.2 Å². The van der Waals surface area contributed by atoms with Crippen molar-refractivity contribution in [3.63, 3.8) is 0 Å². The van der Waals surface area contributed by atoms with Crippen molar-refractivity contribution in [3.8, 4) is 0 Å². The zero-order valence-electron chi connectivity index (χ0n) is 12.8. The molecule has 22 heavy (non-hydrogen) atoms. The number of nitrogens with zero attached hydrogens (tertiary/aromatic N) is 2. The van der Waals surface area contributed by atoms with Crippen LogP contribution in [0.25, 0.3) is 0 Å². The fourth-order valence-corrected chi connectivity index (χ4v) is 4.57. The van der Waals surface area contributed by atoms with Crippen LogP contribution >= 0.6 is 11.3 Å². The van der Waals surface area contributed by atoms with E-state index in [1.807, 2.05) is 21.7 Å². The predicted molar refractivity (Wildman–Crippen MR) is 85.9 cm³/mol. The normalized spacial score (nSPS) is 24.3. The van der Waals surface area contributed by atoms with Crippen LogP contribution in [0.15, 0.2) is 16.8 Å². The molecule has 0 radical (unpaired) electrons. The molecule has 0 aromatic carbocycles. The fraction of sp³-hybridized carbons (Fsp3) is 0.647. The summed E-state index contributed by atoms with van der Waals surface area (Å²) in [5.41, 5.74) is 0.851. The van der Waals surface area contributed by atoms with Gasteiger partial charge in [-0.15, -0.1) is 0 Å². The SMILES string of the molecule is O=C(c1ccsc1)N1CCC2(CCC(=O)N2CC2CC2)CC1. The van der Waals surface area contributed by atoms with E-state index in [2.05, 4.69) is 4.90 Å². The molecule has 1 saturated carbocycles. The van der Waals surface area contributed by atoms with E-state index in [9.17, 15) is 9.59 Å². The highest BCUT2D eigenvalue weighted by Crippen LogP contribution is 2.42. The Hall–Kier alpha value is -1.36. The molecule has 2 aliphatic heterocycles. The van der Waals surface area contributed by atoms with Crippen LogP contribution in [-0.4, -0.2) is 46.8 Å². The van der Waals surface area contributed by atoms with Crippen LogP contribution in [0.4, 0.5) is 0 Å². The smallest absolute Gasteiger partial charge is 0.254 e. The van der Waals surface area contributed by atoms with Gasteiger partial charge in [0.15, 0.2) is 0 Å². The summed E-state index contributed by atoms with van der Waals surface area (Å²) >= 11 is 1.56. The zero-order chi connectivity index (χ0) is 15.2. The minimum atomic E-state index is 0.0467. The first-order valence-corrected chi connectivity index (χ1v) is 9.24. The lowest BCUT2D eigenvalue weighted by molar-refractivity contribution is -0.132. The van der Waals surface area contributed by atoms with Crippen molar-refractivity contribution in [2.45, 2.75) is 44.1 Å². The van der Waals surface area contributed by atoms with Gasteiger partial charge in [0.05, 0.1) is 5.56 Å². The molecule has 2 amide bonds. The topological polar surface area (TPSA) is 40.6 Å². The van der Waals surface area contributed by atoms with Crippen LogP contribution in [0.2, 0.25) is 0 Å². The monoisotopic (exact) mass is 318 g/mol. The van der Waals surface area contributed by atoms with Gasteiger partial charge >= 0.3 is 0 Å². The van der Waals surface area contributed by atoms with Gasteiger partial charge in [0.1, 0.15) is 0 Å². The number of likely N-dealkylation sites (tertiary alicyclic amines) is 2. The highest BCUT2D eigenvalue weighted by Gasteiger charge is 2.48. The number of hydrogen-bond donors (Lipinski definition) is 0. The van der Waals surface area contributed by atoms with E-state index in [1.165, 1.54) is 12.8 Å². The minimum Gasteiger partial charge on any atom is -0.338 e. The number of thiophene rings is 1. The molecule has 1 aliphatic carbocycles. The Labute approximate surface area is 135 Å². The molecular formula is C17H22N2O2S. The predicted octanol–water partition coefficient (Wildman–Crippen LogP) is 2.76. The summed E-state index contributed by atoms with van der Waals surface area (Å²) in [6, 6.07) is 1.90. The lowest BCUT2D eigenvalue weighted by Crippen LogP contribution is -2.54. The van der Waals surface area contributed by atoms with E-state index < -0.39 is 0 Å². The van der Waals surface area contributed by atoms with Gasteiger partial charge in [-0.3, -0.25) is 9.59 Å². The number of amides is 2. The molecule has 0 bridgehead atoms. The summed E-state index contributed by atoms with van der Waals surface area (Å²) < 4.78 is 0. The first-order chi connectivity index (χ1) is 10.7. The van der Waals surface area contributed by atoms with Gasteiger partial charge in [-0.05, 0) is 49.5 Å². The molecule has 2 saturated heterocycles. The Morgan fingerprint density at radius 1 is 1.27 bits per heavy atom. The number of carbonyl (C=O) groups excluding carboxylic acids is 2. The second-order valence-electron chi connectivity index (χ2n) is 6.98. The van der Waals surface area contributed by atoms with Crippen LogP contribution in [0.1, 0.15) is 48.9 Å². The molecule has 5 heteroatoms. The molecule has 0 unspecified atom stereocenters. The maximum Gasteiger partial charge on any atom is 0.254 e. The van der Waals surface area contributed by atoms with E-state index >= 15 is 0 Å². The van der Waals surface area contributed by atoms with Gasteiger partial charge < -0.3 is 9.80 Å². The average molecular weight is 318 g/mol. The van der Waals surface area contributed by atoms with Crippen molar-refractivity contribution in [3.05, 3.63) is 22.4 Å². The summed E-state index contributed by atoms with van der Waals surface area (Å²) in [6.07, 6.45) is 6.14. The summed E-state index contributed by atoms with van der Waals surface area (Å²) in [5, 5.41) is 3.87. The summed E-state index contributed by atoms with van der Waals surface area (Å²) in [6.45, 7) is 2.52. The Morgan fingerprint density at radius 2 is 2.05 bits per heavy atom. The van der Waals surface area contributed by atoms with Crippen molar-refractivity contribution in [2.24, 2.45) is 5.92 Å². The van der Waals surface area contributed by atoms with E-state index in [0.29, 0.717) is 12.3 Å². The molecule has 1 spiro atoms. The van der Waals surface area contributed by atoms with Gasteiger partial charge in [-0.25, -0.2) is 0 Å². The average Bonchev–Trinajstić information content (AvgIpc) is 3.10. The first-order valence-electron chi connectivity index (χ1n) is 8.30. The number of carbonyl (C=O) groups is 2. The Balaban J connectivity index is 1.44. The zero-order valence-corrected chi connectivity index (χ0v) is 13.6. The lowest BCUT2D eigenvalue weighted by Gasteiger charge is -2.45. The highest BCUT2D eigenvalue weighted by atomic mass is 32.1. The number of rotatable bonds is 3. The van der Waals surface area contributed by atoms with E-state index in [1.54, 1.807) is 11.3 Å². The van der Waals surface area contributed by atoms with Crippen LogP contribution in [0.5, 0.6) is 0 Å². The third-order valence-electron chi connectivity index (χ3n) is 5.57. The van der Waals surface area contributed by atoms with Gasteiger partial charge in [-0.1, -0.05) is 0 Å². The Bertz CT molecular complexity index is 571. The standard InChI is InChI=1S/C17H22N2O2S/c20-15-3-5-17(19(15)11-13-1-2-13)6-8-18(9-7-17)16(21)14-4-10-22-12-14/h4,10,12-13H,1-3,5-9,11H2.